The molecule has 6 aromatic carbocycles. The predicted molar refractivity (Wildman–Crippen MR) is 445 cm³/mol. The van der Waals surface area contributed by atoms with E-state index < -0.39 is 155 Å². The highest BCUT2D eigenvalue weighted by molar-refractivity contribution is 7.08. The fraction of sp³-hybridized carbons (Fsp3) is 0.438. The van der Waals surface area contributed by atoms with E-state index in [1.54, 1.807) is 52.4 Å². The molecule has 6 aromatic rings. The summed E-state index contributed by atoms with van der Waals surface area (Å²) < 4.78 is 121. The summed E-state index contributed by atoms with van der Waals surface area (Å²) in [7, 11) is -46.6. The molecule has 7 aliphatic heterocycles. The second kappa shape index (κ2) is 31.1. The second-order valence-electron chi connectivity index (χ2n) is 31.9. The van der Waals surface area contributed by atoms with Crippen LogP contribution in [0.5, 0.6) is 0 Å². The Bertz CT molecular complexity index is 3140. The lowest BCUT2D eigenvalue weighted by molar-refractivity contribution is -0.0176. The number of benzene rings is 6. The van der Waals surface area contributed by atoms with Crippen molar-refractivity contribution in [1.29, 1.82) is 0 Å². The maximum atomic E-state index is 7.45. The first-order valence-corrected chi connectivity index (χ1v) is 81.2. The van der Waals surface area contributed by atoms with Crippen molar-refractivity contribution < 1.29 is 78.2 Å². The maximum absolute atomic E-state index is 7.45. The molecule has 19 nitrogen and oxygen atoms in total. The van der Waals surface area contributed by atoms with Gasteiger partial charge in [0.2, 0.25) is 33.3 Å². The molecule has 0 saturated carbocycles. The summed E-state index contributed by atoms with van der Waals surface area (Å²) in [6.07, 6.45) is 0. The molecule has 556 valence electrons. The van der Waals surface area contributed by atoms with E-state index in [9.17, 15) is 0 Å². The molecule has 0 spiro atoms. The van der Waals surface area contributed by atoms with Crippen molar-refractivity contribution >= 4 is 186 Å². The van der Waals surface area contributed by atoms with Crippen LogP contribution >= 0.6 is 0 Å². The zero-order valence-electron chi connectivity index (χ0n) is 65.1. The molecule has 13 rings (SSSR count). The van der Waals surface area contributed by atoms with Crippen LogP contribution in [-0.2, 0) is 78.2 Å². The monoisotopic (exact) mass is 1690 g/mol. The van der Waals surface area contributed by atoms with Gasteiger partial charge in [-0.15, -0.1) is 0 Å². The van der Waals surface area contributed by atoms with Crippen molar-refractivity contribution in [3.63, 3.8) is 0 Å². The van der Waals surface area contributed by atoms with Gasteiger partial charge in [-0.2, -0.15) is 0 Å². The SMILES string of the molecule is C[Si](C)(C)O[Si](C)(C)C.C[Si](C)(O[Si](C)(C)c1ccccc1)c1ccccc1.C[Si](O[Si](C)(c1ccccc1)c1ccccc1)(c1ccccc1)c1ccccc1.C[Si]1(C)O[Si](C)(C)O[Si](C)(C)O[Si](C)(C)O1.C[Si]12O[Si]3(C)O[Si]4(C)O[Si](C)(O1)O[Si]1(C)O[Si](C)(O2)O[Si](C)(O3)O[Si](C)(O4)O1. The molecular weight excluding hydrogens is 1580 g/mol. The second-order valence-corrected chi connectivity index (χ2v) is 94.5. The Balaban J connectivity index is 0.000000168. The average molecular weight is 1690 g/mol. The van der Waals surface area contributed by atoms with E-state index in [4.69, 9.17) is 78.2 Å². The molecule has 0 N–H and O–H groups in total. The van der Waals surface area contributed by atoms with E-state index in [0.717, 1.165) is 0 Å². The molecular formula is C64H114O19Si18. The van der Waals surface area contributed by atoms with Crippen molar-refractivity contribution in [3.05, 3.63) is 182 Å². The van der Waals surface area contributed by atoms with E-state index in [0.29, 0.717) is 0 Å². The van der Waals surface area contributed by atoms with Crippen molar-refractivity contribution in [2.24, 2.45) is 0 Å². The standard InChI is InChI=1S/C26H26OSi2.C16H22OSi2.C8H24O12Si8.C8H24O4Si4.C6H18OSi2/c1-28(23-15-7-3-8-16-23,24-17-9-4-10-18-24)27-29(2,25-19-11-5-12-20-25)26-21-13-6-14-22-26;1-18(2,15-11-7-5-8-12-15)17-19(3,4)16-13-9-6-10-14-16;1-21-9-22(2)12-25(5)14-23(3,10-21)16-27(7)17-24(4,11-21)15-26(6,13-22)19-28(8,18-25)20-27;1-13(2)9-14(3,4)11-16(7,8)12-15(5,6)10-13;1-8(2,3)7-9(4,5)6/h3-22H,1-2H3;5-14H,1-4H3;1-8H3;1-8H3;1-6H3. The van der Waals surface area contributed by atoms with Gasteiger partial charge in [-0.25, -0.2) is 0 Å². The molecule has 0 unspecified atom stereocenters. The Morgan fingerprint density at radius 2 is 0.337 bits per heavy atom. The third-order valence-corrected chi connectivity index (χ3v) is 88.9. The lowest BCUT2D eigenvalue weighted by Gasteiger charge is -2.60. The van der Waals surface area contributed by atoms with Crippen LogP contribution in [0.25, 0.3) is 0 Å². The van der Waals surface area contributed by atoms with Gasteiger partial charge in [0, 0.05) is 52.4 Å². The molecule has 8 bridgehead atoms. The quantitative estimate of drug-likeness (QED) is 0.106. The Labute approximate surface area is 624 Å². The lowest BCUT2D eigenvalue weighted by atomic mass is 10.4. The predicted octanol–water partition coefficient (Wildman–Crippen LogP) is 13.4. The highest BCUT2D eigenvalue weighted by atomic mass is 28.6. The molecule has 0 atom stereocenters. The van der Waals surface area contributed by atoms with E-state index in [1.807, 2.05) is 0 Å². The molecule has 0 amide bonds. The van der Waals surface area contributed by atoms with Crippen molar-refractivity contribution in [3.8, 4) is 0 Å². The van der Waals surface area contributed by atoms with Crippen molar-refractivity contribution in [1.82, 2.24) is 0 Å². The highest BCUT2D eigenvalue weighted by Crippen LogP contribution is 2.48. The van der Waals surface area contributed by atoms with Crippen LogP contribution in [0.4, 0.5) is 0 Å². The normalized spacial score (nSPS) is 30.3. The van der Waals surface area contributed by atoms with Gasteiger partial charge in [-0.3, -0.25) is 0 Å². The number of rotatable bonds is 12. The van der Waals surface area contributed by atoms with Crippen LogP contribution in [0.15, 0.2) is 182 Å². The molecule has 7 saturated heterocycles. The molecule has 7 heterocycles. The molecule has 37 heteroatoms. The van der Waals surface area contributed by atoms with Gasteiger partial charge >= 0.3 is 105 Å². The van der Waals surface area contributed by atoms with Crippen molar-refractivity contribution in [2.75, 3.05) is 0 Å². The first-order valence-electron chi connectivity index (χ1n) is 34.7. The van der Waals surface area contributed by atoms with Gasteiger partial charge < -0.3 is 78.2 Å². The molecule has 7 fully saturated rings. The van der Waals surface area contributed by atoms with Gasteiger partial charge in [0.1, 0.15) is 0 Å². The summed E-state index contributed by atoms with van der Waals surface area (Å²) >= 11 is 0. The Kier molecular flexibility index (Phi) is 26.2. The van der Waals surface area contributed by atoms with Crippen LogP contribution in [0.3, 0.4) is 0 Å². The largest absolute Gasteiger partial charge is 0.475 e. The lowest BCUT2D eigenvalue weighted by Crippen LogP contribution is -2.86. The molecule has 0 radical (unpaired) electrons. The van der Waals surface area contributed by atoms with Gasteiger partial charge in [-0.05, 0) is 162 Å². The van der Waals surface area contributed by atoms with Gasteiger partial charge in [0.25, 0.3) is 0 Å². The van der Waals surface area contributed by atoms with Crippen LogP contribution in [-0.4, -0.2) is 155 Å². The fourth-order valence-corrected chi connectivity index (χ4v) is 105. The van der Waals surface area contributed by atoms with Crippen molar-refractivity contribution in [2.45, 2.75) is 183 Å². The minimum Gasteiger partial charge on any atom is -0.456 e. The van der Waals surface area contributed by atoms with Crippen LogP contribution < -0.4 is 31.1 Å². The zero-order chi connectivity index (χ0) is 75.1. The van der Waals surface area contributed by atoms with E-state index in [-0.39, 0.29) is 0 Å². The highest BCUT2D eigenvalue weighted by Gasteiger charge is 2.78. The fourth-order valence-electron chi connectivity index (χ4n) is 14.3. The summed E-state index contributed by atoms with van der Waals surface area (Å²) in [6, 6.07) is 64.4. The molecule has 101 heavy (non-hydrogen) atoms. The number of hydrogen-bond donors (Lipinski definition) is 0. The maximum Gasteiger partial charge on any atom is 0.475 e. The van der Waals surface area contributed by atoms with Crippen LogP contribution in [0.2, 0.25) is 183 Å². The third kappa shape index (κ3) is 23.7. The topological polar surface area (TPSA) is 175 Å². The molecule has 0 aromatic heterocycles. The summed E-state index contributed by atoms with van der Waals surface area (Å²) in [5.41, 5.74) is 0. The smallest absolute Gasteiger partial charge is 0.456 e. The molecule has 7 aliphatic rings. The average Bonchev–Trinajstić information content (AvgIpc) is 0.699. The third-order valence-electron chi connectivity index (χ3n) is 16.2. The summed E-state index contributed by atoms with van der Waals surface area (Å²) in [6.45, 7) is 57.9. The Morgan fingerprint density at radius 3 is 0.475 bits per heavy atom. The minimum absolute atomic E-state index is 1.23. The zero-order valence-corrected chi connectivity index (χ0v) is 83.1. The Morgan fingerprint density at radius 1 is 0.188 bits per heavy atom. The van der Waals surface area contributed by atoms with E-state index >= 15 is 0 Å². The van der Waals surface area contributed by atoms with E-state index in [1.165, 1.54) is 31.1 Å². The van der Waals surface area contributed by atoms with Crippen LogP contribution in [0.1, 0.15) is 0 Å². The van der Waals surface area contributed by atoms with Gasteiger partial charge in [0.15, 0.2) is 16.6 Å². The Hall–Kier alpha value is -1.54. The summed E-state index contributed by atoms with van der Waals surface area (Å²) in [5.74, 6) is 0. The van der Waals surface area contributed by atoms with E-state index in [2.05, 4.69) is 313 Å². The van der Waals surface area contributed by atoms with Gasteiger partial charge in [0.05, 0.1) is 0 Å². The summed E-state index contributed by atoms with van der Waals surface area (Å²) in [5, 5.41) is 7.94. The summed E-state index contributed by atoms with van der Waals surface area (Å²) in [4.78, 5) is 0. The van der Waals surface area contributed by atoms with Crippen LogP contribution in [0, 0.1) is 0 Å². The van der Waals surface area contributed by atoms with Gasteiger partial charge in [-0.1, -0.05) is 182 Å². The first-order chi connectivity index (χ1) is 46.1. The minimum atomic E-state index is -3.40. The number of hydrogen-bond acceptors (Lipinski definition) is 19. The molecule has 0 aliphatic carbocycles. The first kappa shape index (κ1) is 85.1.